The molecule has 1 aliphatic rings. The van der Waals surface area contributed by atoms with Crippen LogP contribution in [0.15, 0.2) is 30.3 Å². The molecule has 3 aromatic rings. The second-order valence-corrected chi connectivity index (χ2v) is 10.5. The number of hydrogen-bond donors (Lipinski definition) is 1. The predicted molar refractivity (Wildman–Crippen MR) is 148 cm³/mol. The average Bonchev–Trinajstić information content (AvgIpc) is 3.52. The standard InChI is InChI=1S/C26H24Cl2N6O4S/c1-2-22-24(26(35)31-32-14-11-18(12-15-32)38-34(36)37)30-25(20-9-7-17(27)16-21(20)28)33(22)23-10-8-19(39-23)6-4-3-5-13-29/h7-10,16,18H,2-3,5,11-12,14-15H2,1H3,(H,31,35). The molecule has 1 fully saturated rings. The van der Waals surface area contributed by atoms with Gasteiger partial charge in [-0.1, -0.05) is 42.0 Å². The van der Waals surface area contributed by atoms with Gasteiger partial charge in [0.05, 0.1) is 21.7 Å². The predicted octanol–water partition coefficient (Wildman–Crippen LogP) is 5.44. The van der Waals surface area contributed by atoms with Crippen LogP contribution < -0.4 is 5.43 Å². The molecule has 1 saturated heterocycles. The molecule has 1 aliphatic heterocycles. The van der Waals surface area contributed by atoms with Crippen molar-refractivity contribution in [1.29, 1.82) is 5.26 Å². The smallest absolute Gasteiger partial charge is 0.294 e. The summed E-state index contributed by atoms with van der Waals surface area (Å²) in [5.74, 6) is 6.19. The number of aromatic nitrogens is 2. The van der Waals surface area contributed by atoms with Gasteiger partial charge in [-0.25, -0.2) is 9.99 Å². The number of imidazole rings is 1. The lowest BCUT2D eigenvalue weighted by molar-refractivity contribution is -0.769. The molecular formula is C26H24Cl2N6O4S. The van der Waals surface area contributed by atoms with E-state index in [1.807, 2.05) is 23.6 Å². The molecule has 0 saturated carbocycles. The van der Waals surface area contributed by atoms with Gasteiger partial charge in [-0.2, -0.15) is 5.26 Å². The van der Waals surface area contributed by atoms with E-state index in [9.17, 15) is 14.9 Å². The van der Waals surface area contributed by atoms with Crippen molar-refractivity contribution in [2.75, 3.05) is 13.1 Å². The second-order valence-electron chi connectivity index (χ2n) is 8.60. The first kappa shape index (κ1) is 28.4. The highest BCUT2D eigenvalue weighted by molar-refractivity contribution is 7.15. The number of hydrazine groups is 1. The number of piperidine rings is 1. The van der Waals surface area contributed by atoms with Crippen molar-refractivity contribution in [1.82, 2.24) is 20.0 Å². The van der Waals surface area contributed by atoms with Crippen LogP contribution in [0.3, 0.4) is 0 Å². The van der Waals surface area contributed by atoms with Crippen molar-refractivity contribution in [3.05, 3.63) is 66.8 Å². The third-order valence-electron chi connectivity index (χ3n) is 6.02. The Hall–Kier alpha value is -3.61. The van der Waals surface area contributed by atoms with Crippen LogP contribution in [0, 0.1) is 33.3 Å². The normalized spacial score (nSPS) is 13.8. The van der Waals surface area contributed by atoms with Crippen molar-refractivity contribution in [3.8, 4) is 34.3 Å². The molecule has 1 aromatic carbocycles. The maximum Gasteiger partial charge on any atom is 0.294 e. The number of rotatable bonds is 8. The Labute approximate surface area is 239 Å². The summed E-state index contributed by atoms with van der Waals surface area (Å²) < 4.78 is 1.91. The summed E-state index contributed by atoms with van der Waals surface area (Å²) >= 11 is 14.1. The summed E-state index contributed by atoms with van der Waals surface area (Å²) in [6.07, 6.45) is 1.68. The quantitative estimate of drug-likeness (QED) is 0.161. The molecule has 13 heteroatoms. The van der Waals surface area contributed by atoms with Crippen molar-refractivity contribution in [3.63, 3.8) is 0 Å². The van der Waals surface area contributed by atoms with Gasteiger partial charge in [0, 0.05) is 36.5 Å². The Morgan fingerprint density at radius 3 is 2.72 bits per heavy atom. The van der Waals surface area contributed by atoms with Crippen LogP contribution in [-0.4, -0.2) is 44.7 Å². The third-order valence-corrected chi connectivity index (χ3v) is 7.55. The summed E-state index contributed by atoms with van der Waals surface area (Å²) in [6.45, 7) is 2.75. The summed E-state index contributed by atoms with van der Waals surface area (Å²) in [5, 5.41) is 22.0. The summed E-state index contributed by atoms with van der Waals surface area (Å²) in [4.78, 5) is 34.3. The zero-order chi connectivity index (χ0) is 27.9. The zero-order valence-electron chi connectivity index (χ0n) is 20.9. The molecule has 202 valence electrons. The van der Waals surface area contributed by atoms with Crippen LogP contribution in [0.1, 0.15) is 53.7 Å². The summed E-state index contributed by atoms with van der Waals surface area (Å²) in [7, 11) is 0. The largest absolute Gasteiger partial charge is 0.310 e. The Bertz CT molecular complexity index is 1480. The molecule has 1 amide bonds. The molecule has 0 radical (unpaired) electrons. The van der Waals surface area contributed by atoms with E-state index in [1.165, 1.54) is 11.3 Å². The maximum absolute atomic E-state index is 13.5. The van der Waals surface area contributed by atoms with E-state index in [0.29, 0.717) is 72.3 Å². The monoisotopic (exact) mass is 586 g/mol. The number of benzene rings is 1. The number of halogens is 2. The van der Waals surface area contributed by atoms with Crippen LogP contribution >= 0.6 is 34.5 Å². The number of amides is 1. The van der Waals surface area contributed by atoms with Gasteiger partial charge in [0.2, 0.25) is 0 Å². The molecular weight excluding hydrogens is 563 g/mol. The van der Waals surface area contributed by atoms with Crippen molar-refractivity contribution in [2.45, 2.75) is 45.1 Å². The molecule has 10 nitrogen and oxygen atoms in total. The number of unbranched alkanes of at least 4 members (excludes halogenated alkanes) is 1. The third kappa shape index (κ3) is 6.88. The van der Waals surface area contributed by atoms with Gasteiger partial charge in [-0.05, 0) is 49.6 Å². The first-order valence-corrected chi connectivity index (χ1v) is 13.8. The minimum absolute atomic E-state index is 0.247. The Balaban J connectivity index is 1.68. The lowest BCUT2D eigenvalue weighted by atomic mass is 10.1. The zero-order valence-corrected chi connectivity index (χ0v) is 23.3. The number of thiophene rings is 1. The van der Waals surface area contributed by atoms with Gasteiger partial charge < -0.3 is 4.84 Å². The molecule has 39 heavy (non-hydrogen) atoms. The molecule has 0 atom stereocenters. The van der Waals surface area contributed by atoms with Gasteiger partial charge in [0.1, 0.15) is 16.9 Å². The van der Waals surface area contributed by atoms with E-state index < -0.39 is 17.1 Å². The molecule has 0 bridgehead atoms. The lowest BCUT2D eigenvalue weighted by Crippen LogP contribution is -2.48. The Morgan fingerprint density at radius 1 is 1.28 bits per heavy atom. The van der Waals surface area contributed by atoms with Gasteiger partial charge >= 0.3 is 0 Å². The Kier molecular flexibility index (Phi) is 9.44. The molecule has 1 N–H and O–H groups in total. The highest BCUT2D eigenvalue weighted by Crippen LogP contribution is 2.35. The second kappa shape index (κ2) is 13.0. The van der Waals surface area contributed by atoms with E-state index in [2.05, 4.69) is 28.2 Å². The van der Waals surface area contributed by atoms with Crippen molar-refractivity contribution < 1.29 is 14.7 Å². The fraction of sp³-hybridized carbons (Fsp3) is 0.346. The first-order chi connectivity index (χ1) is 18.8. The number of nitrogens with one attached hydrogen (secondary N) is 1. The van der Waals surface area contributed by atoms with Crippen LogP contribution in [-0.2, 0) is 11.3 Å². The van der Waals surface area contributed by atoms with Gasteiger partial charge in [0.25, 0.3) is 11.0 Å². The number of nitrogens with zero attached hydrogens (tertiary/aromatic N) is 5. The molecule has 4 rings (SSSR count). The molecule has 2 aromatic heterocycles. The summed E-state index contributed by atoms with van der Waals surface area (Å²) in [6, 6.07) is 11.0. The van der Waals surface area contributed by atoms with E-state index in [-0.39, 0.29) is 5.69 Å². The van der Waals surface area contributed by atoms with Gasteiger partial charge in [-0.15, -0.1) is 21.5 Å². The topological polar surface area (TPSA) is 126 Å². The number of carbonyl (C=O) groups excluding carboxylic acids is 1. The van der Waals surface area contributed by atoms with Crippen LogP contribution in [0.2, 0.25) is 10.0 Å². The van der Waals surface area contributed by atoms with Gasteiger partial charge in [-0.3, -0.25) is 14.8 Å². The van der Waals surface area contributed by atoms with Gasteiger partial charge in [0.15, 0.2) is 5.69 Å². The van der Waals surface area contributed by atoms with Crippen molar-refractivity contribution in [2.24, 2.45) is 0 Å². The van der Waals surface area contributed by atoms with E-state index >= 15 is 0 Å². The fourth-order valence-corrected chi connectivity index (χ4v) is 5.63. The molecule has 0 spiro atoms. The maximum atomic E-state index is 13.5. The fourth-order valence-electron chi connectivity index (χ4n) is 4.22. The highest BCUT2D eigenvalue weighted by atomic mass is 35.5. The number of nitriles is 1. The van der Waals surface area contributed by atoms with E-state index in [4.69, 9.17) is 33.4 Å². The minimum Gasteiger partial charge on any atom is -0.310 e. The SMILES string of the molecule is CCc1c(C(=O)NN2CCC(O[N+](=O)[O-])CC2)nc(-c2ccc(Cl)cc2Cl)n1-c1ccc(C#CCCC#N)s1. The van der Waals surface area contributed by atoms with E-state index in [1.54, 1.807) is 23.2 Å². The first-order valence-electron chi connectivity index (χ1n) is 12.2. The van der Waals surface area contributed by atoms with Crippen LogP contribution in [0.4, 0.5) is 0 Å². The molecule has 0 unspecified atom stereocenters. The Morgan fingerprint density at radius 2 is 2.05 bits per heavy atom. The average molecular weight is 587 g/mol. The van der Waals surface area contributed by atoms with Crippen molar-refractivity contribution >= 4 is 40.4 Å². The number of carbonyl (C=O) groups is 1. The van der Waals surface area contributed by atoms with Crippen LogP contribution in [0.25, 0.3) is 16.4 Å². The number of hydrogen-bond acceptors (Lipinski definition) is 8. The lowest BCUT2D eigenvalue weighted by Gasteiger charge is -2.30. The molecule has 3 heterocycles. The summed E-state index contributed by atoms with van der Waals surface area (Å²) in [5.41, 5.74) is 4.44. The highest BCUT2D eigenvalue weighted by Gasteiger charge is 2.28. The molecule has 0 aliphatic carbocycles. The van der Waals surface area contributed by atoms with Crippen LogP contribution in [0.5, 0.6) is 0 Å². The minimum atomic E-state index is -0.781. The van der Waals surface area contributed by atoms with E-state index in [0.717, 1.165) is 9.88 Å².